The molecule has 94 valence electrons. The lowest BCUT2D eigenvalue weighted by molar-refractivity contribution is 0.340. The summed E-state index contributed by atoms with van der Waals surface area (Å²) in [5.41, 5.74) is 1.09. The molecule has 4 heteroatoms. The van der Waals surface area contributed by atoms with Crippen LogP contribution in [0.5, 0.6) is 5.75 Å². The van der Waals surface area contributed by atoms with Crippen LogP contribution in [0.15, 0.2) is 24.3 Å². The van der Waals surface area contributed by atoms with E-state index in [1.807, 2.05) is 31.2 Å². The van der Waals surface area contributed by atoms with Crippen LogP contribution in [-0.4, -0.2) is 28.4 Å². The van der Waals surface area contributed by atoms with Gasteiger partial charge in [0, 0.05) is 40.1 Å². The molecule has 1 aromatic rings. The van der Waals surface area contributed by atoms with Crippen molar-refractivity contribution in [3.63, 3.8) is 0 Å². The predicted octanol–water partition coefficient (Wildman–Crippen LogP) is 2.41. The van der Waals surface area contributed by atoms with Gasteiger partial charge in [-0.05, 0) is 31.9 Å². The monoisotopic (exact) mass is 253 g/mol. The largest absolute Gasteiger partial charge is 0.494 e. The minimum Gasteiger partial charge on any atom is -0.494 e. The second-order valence-corrected chi connectivity index (χ2v) is 5.92. The maximum absolute atomic E-state index is 11.3. The van der Waals surface area contributed by atoms with Crippen LogP contribution in [0.2, 0.25) is 0 Å². The molecule has 0 amide bonds. The van der Waals surface area contributed by atoms with Crippen LogP contribution in [0.3, 0.4) is 0 Å². The number of benzene rings is 1. The summed E-state index contributed by atoms with van der Waals surface area (Å²) in [7, 11) is -0.591. The van der Waals surface area contributed by atoms with Crippen LogP contribution in [0.25, 0.3) is 0 Å². The highest BCUT2D eigenvalue weighted by Gasteiger charge is 2.17. The van der Waals surface area contributed by atoms with Gasteiger partial charge in [-0.1, -0.05) is 6.07 Å². The number of hydrogen-bond acceptors (Lipinski definition) is 3. The van der Waals surface area contributed by atoms with Gasteiger partial charge < -0.3 is 10.1 Å². The van der Waals surface area contributed by atoms with Gasteiger partial charge in [0.1, 0.15) is 5.75 Å². The topological polar surface area (TPSA) is 38.3 Å². The molecule has 0 bridgehead atoms. The Morgan fingerprint density at radius 2 is 2.18 bits per heavy atom. The lowest BCUT2D eigenvalue weighted by atomic mass is 10.1. The second-order valence-electron chi connectivity index (χ2n) is 4.23. The van der Waals surface area contributed by atoms with Crippen molar-refractivity contribution in [3.8, 4) is 5.75 Å². The number of anilines is 1. The molecule has 3 nitrogen and oxygen atoms in total. The zero-order valence-corrected chi connectivity index (χ0v) is 11.0. The van der Waals surface area contributed by atoms with Crippen molar-refractivity contribution in [1.29, 1.82) is 0 Å². The quantitative estimate of drug-likeness (QED) is 0.895. The number of rotatable bonds is 4. The first-order valence-electron chi connectivity index (χ1n) is 6.12. The third-order valence-electron chi connectivity index (χ3n) is 2.90. The van der Waals surface area contributed by atoms with Gasteiger partial charge in [0.15, 0.2) is 0 Å². The van der Waals surface area contributed by atoms with Gasteiger partial charge in [-0.25, -0.2) is 0 Å². The predicted molar refractivity (Wildman–Crippen MR) is 72.1 cm³/mol. The molecular formula is C13H19NO2S. The molecule has 0 atom stereocenters. The smallest absolute Gasteiger partial charge is 0.121 e. The number of hydrogen-bond donors (Lipinski definition) is 1. The summed E-state index contributed by atoms with van der Waals surface area (Å²) in [6, 6.07) is 8.48. The van der Waals surface area contributed by atoms with Crippen LogP contribution >= 0.6 is 0 Å². The molecule has 0 aromatic heterocycles. The van der Waals surface area contributed by atoms with Crippen molar-refractivity contribution in [3.05, 3.63) is 24.3 Å². The van der Waals surface area contributed by atoms with E-state index in [-0.39, 0.29) is 0 Å². The van der Waals surface area contributed by atoms with E-state index in [0.29, 0.717) is 12.6 Å². The van der Waals surface area contributed by atoms with Gasteiger partial charge in [-0.15, -0.1) is 0 Å². The Morgan fingerprint density at radius 3 is 2.88 bits per heavy atom. The third kappa shape index (κ3) is 3.73. The first-order valence-corrected chi connectivity index (χ1v) is 7.61. The summed E-state index contributed by atoms with van der Waals surface area (Å²) in [5, 5.41) is 3.49. The highest BCUT2D eigenvalue weighted by molar-refractivity contribution is 7.85. The Labute approximate surface area is 105 Å². The molecule has 1 aromatic carbocycles. The Balaban J connectivity index is 1.93. The molecule has 1 fully saturated rings. The van der Waals surface area contributed by atoms with Crippen LogP contribution in [0, 0.1) is 0 Å². The number of ether oxygens (including phenoxy) is 1. The highest BCUT2D eigenvalue weighted by atomic mass is 32.2. The Kier molecular flexibility index (Phi) is 4.42. The van der Waals surface area contributed by atoms with Crippen molar-refractivity contribution in [2.24, 2.45) is 0 Å². The summed E-state index contributed by atoms with van der Waals surface area (Å²) in [6.07, 6.45) is 1.98. The van der Waals surface area contributed by atoms with E-state index in [4.69, 9.17) is 4.74 Å². The summed E-state index contributed by atoms with van der Waals surface area (Å²) in [4.78, 5) is 0. The first kappa shape index (κ1) is 12.4. The minimum atomic E-state index is -0.591. The van der Waals surface area contributed by atoms with E-state index < -0.39 is 10.8 Å². The maximum Gasteiger partial charge on any atom is 0.121 e. The number of nitrogens with one attached hydrogen (secondary N) is 1. The van der Waals surface area contributed by atoms with Crippen molar-refractivity contribution in [1.82, 2.24) is 0 Å². The second kappa shape index (κ2) is 6.05. The fraction of sp³-hybridized carbons (Fsp3) is 0.538. The van der Waals surface area contributed by atoms with Crippen molar-refractivity contribution < 1.29 is 8.95 Å². The van der Waals surface area contributed by atoms with E-state index in [9.17, 15) is 4.21 Å². The molecular weight excluding hydrogens is 234 g/mol. The fourth-order valence-electron chi connectivity index (χ4n) is 2.02. The summed E-state index contributed by atoms with van der Waals surface area (Å²) < 4.78 is 16.7. The van der Waals surface area contributed by atoms with Gasteiger partial charge in [0.2, 0.25) is 0 Å². The van der Waals surface area contributed by atoms with Gasteiger partial charge in [-0.2, -0.15) is 0 Å². The Bertz CT molecular complexity index is 385. The molecule has 0 spiro atoms. The molecule has 0 saturated carbocycles. The minimum absolute atomic E-state index is 0.449. The average molecular weight is 253 g/mol. The van der Waals surface area contributed by atoms with Crippen LogP contribution in [0.4, 0.5) is 5.69 Å². The van der Waals surface area contributed by atoms with E-state index >= 15 is 0 Å². The van der Waals surface area contributed by atoms with E-state index in [2.05, 4.69) is 5.32 Å². The van der Waals surface area contributed by atoms with Crippen molar-refractivity contribution >= 4 is 16.5 Å². The molecule has 1 N–H and O–H groups in total. The molecule has 0 aliphatic carbocycles. The van der Waals surface area contributed by atoms with Gasteiger partial charge in [-0.3, -0.25) is 4.21 Å². The van der Waals surface area contributed by atoms with Crippen molar-refractivity contribution in [2.45, 2.75) is 25.8 Å². The summed E-state index contributed by atoms with van der Waals surface area (Å²) in [6.45, 7) is 2.67. The lowest BCUT2D eigenvalue weighted by Crippen LogP contribution is -2.29. The fourth-order valence-corrected chi connectivity index (χ4v) is 3.32. The SMILES string of the molecule is CCOc1cccc(NC2CCS(=O)CC2)c1. The first-order chi connectivity index (χ1) is 8.28. The lowest BCUT2D eigenvalue weighted by Gasteiger charge is -2.23. The van der Waals surface area contributed by atoms with E-state index in [1.54, 1.807) is 0 Å². The molecule has 2 rings (SSSR count). The van der Waals surface area contributed by atoms with Crippen molar-refractivity contribution in [2.75, 3.05) is 23.4 Å². The van der Waals surface area contributed by atoms with Crippen LogP contribution in [-0.2, 0) is 10.8 Å². The van der Waals surface area contributed by atoms with Gasteiger partial charge >= 0.3 is 0 Å². The third-order valence-corrected chi connectivity index (χ3v) is 4.29. The normalized spacial score (nSPS) is 24.3. The van der Waals surface area contributed by atoms with Crippen LogP contribution < -0.4 is 10.1 Å². The van der Waals surface area contributed by atoms with Gasteiger partial charge in [0.05, 0.1) is 6.61 Å². The molecule has 1 saturated heterocycles. The zero-order valence-electron chi connectivity index (χ0n) is 10.1. The summed E-state index contributed by atoms with van der Waals surface area (Å²) in [5.74, 6) is 2.54. The standard InChI is InChI=1S/C13H19NO2S/c1-2-16-13-5-3-4-12(10-13)14-11-6-8-17(15)9-7-11/h3-5,10-11,14H,2,6-9H2,1H3. The maximum atomic E-state index is 11.3. The molecule has 0 radical (unpaired) electrons. The Hall–Kier alpha value is -1.03. The molecule has 1 heterocycles. The molecule has 17 heavy (non-hydrogen) atoms. The van der Waals surface area contributed by atoms with E-state index in [0.717, 1.165) is 35.8 Å². The Morgan fingerprint density at radius 1 is 1.41 bits per heavy atom. The average Bonchev–Trinajstić information content (AvgIpc) is 2.33. The highest BCUT2D eigenvalue weighted by Crippen LogP contribution is 2.20. The summed E-state index contributed by atoms with van der Waals surface area (Å²) >= 11 is 0. The van der Waals surface area contributed by atoms with Gasteiger partial charge in [0.25, 0.3) is 0 Å². The molecule has 1 aliphatic heterocycles. The van der Waals surface area contributed by atoms with Crippen LogP contribution in [0.1, 0.15) is 19.8 Å². The molecule has 0 unspecified atom stereocenters. The molecule has 1 aliphatic rings. The van der Waals surface area contributed by atoms with E-state index in [1.165, 1.54) is 0 Å². The zero-order chi connectivity index (χ0) is 12.1.